The highest BCUT2D eigenvalue weighted by Crippen LogP contribution is 2.24. The van der Waals surface area contributed by atoms with Crippen LogP contribution in [0.25, 0.3) is 11.1 Å². The molecule has 23 heavy (non-hydrogen) atoms. The van der Waals surface area contributed by atoms with E-state index in [1.165, 1.54) is 11.1 Å². The molecule has 0 atom stereocenters. The van der Waals surface area contributed by atoms with Crippen LogP contribution in [0.1, 0.15) is 31.7 Å². The van der Waals surface area contributed by atoms with Crippen molar-refractivity contribution in [2.75, 3.05) is 13.6 Å². The lowest BCUT2D eigenvalue weighted by Crippen LogP contribution is -2.37. The quantitative estimate of drug-likeness (QED) is 0.740. The van der Waals surface area contributed by atoms with Gasteiger partial charge in [0.1, 0.15) is 0 Å². The number of urea groups is 1. The molecule has 0 heterocycles. The Morgan fingerprint density at radius 2 is 1.70 bits per heavy atom. The number of nitrogens with zero attached hydrogens (tertiary/aromatic N) is 1. The van der Waals surface area contributed by atoms with Crippen LogP contribution in [-0.4, -0.2) is 24.5 Å². The molecule has 0 saturated heterocycles. The highest BCUT2D eigenvalue weighted by Gasteiger charge is 2.11. The van der Waals surface area contributed by atoms with Crippen molar-refractivity contribution in [2.45, 2.75) is 32.7 Å². The second-order valence-electron chi connectivity index (χ2n) is 5.82. The number of amides is 2. The largest absolute Gasteiger partial charge is 0.338 e. The highest BCUT2D eigenvalue weighted by molar-refractivity contribution is 5.74. The summed E-state index contributed by atoms with van der Waals surface area (Å²) in [5, 5.41) is 2.98. The molecule has 0 spiro atoms. The van der Waals surface area contributed by atoms with Crippen LogP contribution < -0.4 is 5.32 Å². The molecule has 0 aliphatic carbocycles. The van der Waals surface area contributed by atoms with Crippen molar-refractivity contribution in [1.29, 1.82) is 0 Å². The van der Waals surface area contributed by atoms with Gasteiger partial charge in [-0.2, -0.15) is 0 Å². The van der Waals surface area contributed by atoms with E-state index in [0.717, 1.165) is 31.4 Å². The first-order chi connectivity index (χ1) is 11.2. The average Bonchev–Trinajstić information content (AvgIpc) is 2.59. The number of benzene rings is 2. The maximum atomic E-state index is 12.2. The van der Waals surface area contributed by atoms with E-state index in [0.29, 0.717) is 6.54 Å². The highest BCUT2D eigenvalue weighted by atomic mass is 16.2. The lowest BCUT2D eigenvalue weighted by molar-refractivity contribution is 0.207. The Bertz CT molecular complexity index is 610. The first kappa shape index (κ1) is 17.1. The average molecular weight is 310 g/mol. The van der Waals surface area contributed by atoms with Crippen LogP contribution >= 0.6 is 0 Å². The van der Waals surface area contributed by atoms with Gasteiger partial charge in [-0.05, 0) is 23.1 Å². The number of hydrogen-bond acceptors (Lipinski definition) is 1. The molecule has 3 nitrogen and oxygen atoms in total. The first-order valence-electron chi connectivity index (χ1n) is 8.34. The Hall–Kier alpha value is -2.29. The van der Waals surface area contributed by atoms with Crippen molar-refractivity contribution in [1.82, 2.24) is 10.2 Å². The molecule has 0 aliphatic heterocycles. The minimum atomic E-state index is -0.0102. The van der Waals surface area contributed by atoms with E-state index < -0.39 is 0 Å². The summed E-state index contributed by atoms with van der Waals surface area (Å²) < 4.78 is 0. The lowest BCUT2D eigenvalue weighted by Gasteiger charge is -2.20. The van der Waals surface area contributed by atoms with Gasteiger partial charge in [0, 0.05) is 20.1 Å². The van der Waals surface area contributed by atoms with E-state index in [1.54, 1.807) is 4.90 Å². The van der Waals surface area contributed by atoms with Crippen molar-refractivity contribution >= 4 is 6.03 Å². The minimum absolute atomic E-state index is 0.0102. The Kier molecular flexibility index (Phi) is 6.67. The predicted octanol–water partition coefficient (Wildman–Crippen LogP) is 4.69. The second-order valence-corrected chi connectivity index (χ2v) is 5.82. The summed E-state index contributed by atoms with van der Waals surface area (Å²) in [5.74, 6) is 0. The third-order valence-electron chi connectivity index (χ3n) is 3.91. The van der Waals surface area contributed by atoms with Crippen LogP contribution in [0.3, 0.4) is 0 Å². The molecule has 1 N–H and O–H groups in total. The summed E-state index contributed by atoms with van der Waals surface area (Å²) >= 11 is 0. The molecule has 0 radical (unpaired) electrons. The van der Waals surface area contributed by atoms with Crippen LogP contribution in [0.4, 0.5) is 4.79 Å². The third-order valence-corrected chi connectivity index (χ3v) is 3.91. The molecule has 0 aliphatic rings. The molecular weight excluding hydrogens is 284 g/mol. The first-order valence-corrected chi connectivity index (χ1v) is 8.34. The van der Waals surface area contributed by atoms with E-state index in [9.17, 15) is 4.79 Å². The molecule has 0 fully saturated rings. The normalized spacial score (nSPS) is 10.3. The van der Waals surface area contributed by atoms with E-state index in [1.807, 2.05) is 37.4 Å². The molecule has 2 aromatic carbocycles. The smallest absolute Gasteiger partial charge is 0.317 e. The van der Waals surface area contributed by atoms with Crippen LogP contribution in [0, 0.1) is 0 Å². The maximum Gasteiger partial charge on any atom is 0.317 e. The molecule has 0 bridgehead atoms. The van der Waals surface area contributed by atoms with Gasteiger partial charge >= 0.3 is 6.03 Å². The Morgan fingerprint density at radius 3 is 2.43 bits per heavy atom. The molecule has 0 aromatic heterocycles. The van der Waals surface area contributed by atoms with Gasteiger partial charge in [-0.3, -0.25) is 0 Å². The van der Waals surface area contributed by atoms with E-state index in [2.05, 4.69) is 36.5 Å². The zero-order chi connectivity index (χ0) is 16.5. The summed E-state index contributed by atoms with van der Waals surface area (Å²) in [7, 11) is 1.84. The fourth-order valence-corrected chi connectivity index (χ4v) is 2.59. The number of unbranched alkanes of at least 4 members (excludes halogenated alkanes) is 2. The summed E-state index contributed by atoms with van der Waals surface area (Å²) in [6, 6.07) is 18.5. The van der Waals surface area contributed by atoms with Gasteiger partial charge < -0.3 is 10.2 Å². The second kappa shape index (κ2) is 8.99. The van der Waals surface area contributed by atoms with Crippen LogP contribution in [0.15, 0.2) is 54.6 Å². The van der Waals surface area contributed by atoms with Crippen molar-refractivity contribution in [2.24, 2.45) is 0 Å². The summed E-state index contributed by atoms with van der Waals surface area (Å²) in [4.78, 5) is 13.9. The van der Waals surface area contributed by atoms with Gasteiger partial charge in [0.15, 0.2) is 0 Å². The minimum Gasteiger partial charge on any atom is -0.338 e. The van der Waals surface area contributed by atoms with E-state index in [-0.39, 0.29) is 6.03 Å². The number of carbonyl (C=O) groups excluding carboxylic acids is 1. The molecule has 0 unspecified atom stereocenters. The number of hydrogen-bond donors (Lipinski definition) is 1. The SMILES string of the molecule is CCCCCNC(=O)N(C)Cc1ccccc1-c1ccccc1. The van der Waals surface area contributed by atoms with Gasteiger partial charge in [0.25, 0.3) is 0 Å². The Labute approximate surface area is 139 Å². The summed E-state index contributed by atoms with van der Waals surface area (Å²) in [5.41, 5.74) is 3.52. The zero-order valence-electron chi connectivity index (χ0n) is 14.1. The molecule has 122 valence electrons. The summed E-state index contributed by atoms with van der Waals surface area (Å²) in [6.45, 7) is 3.51. The van der Waals surface area contributed by atoms with Crippen molar-refractivity contribution < 1.29 is 4.79 Å². The number of nitrogens with one attached hydrogen (secondary N) is 1. The topological polar surface area (TPSA) is 32.3 Å². The van der Waals surface area contributed by atoms with Crippen LogP contribution in [0.2, 0.25) is 0 Å². The van der Waals surface area contributed by atoms with Crippen LogP contribution in [0.5, 0.6) is 0 Å². The van der Waals surface area contributed by atoms with Crippen molar-refractivity contribution in [3.63, 3.8) is 0 Å². The number of carbonyl (C=O) groups is 1. The van der Waals surface area contributed by atoms with Crippen molar-refractivity contribution in [3.05, 3.63) is 60.2 Å². The number of rotatable bonds is 7. The molecule has 2 amide bonds. The molecule has 3 heteroatoms. The van der Waals surface area contributed by atoms with Crippen molar-refractivity contribution in [3.8, 4) is 11.1 Å². The fourth-order valence-electron chi connectivity index (χ4n) is 2.59. The Balaban J connectivity index is 2.01. The van der Waals surface area contributed by atoms with Gasteiger partial charge in [-0.15, -0.1) is 0 Å². The van der Waals surface area contributed by atoms with Gasteiger partial charge in [-0.25, -0.2) is 4.79 Å². The fraction of sp³-hybridized carbons (Fsp3) is 0.350. The standard InChI is InChI=1S/C20H26N2O/c1-3-4-10-15-21-20(23)22(2)16-18-13-8-9-14-19(18)17-11-6-5-7-12-17/h5-9,11-14H,3-4,10,15-16H2,1-2H3,(H,21,23). The molecule has 0 saturated carbocycles. The molecular formula is C20H26N2O. The van der Waals surface area contributed by atoms with Gasteiger partial charge in [-0.1, -0.05) is 74.4 Å². The third kappa shape index (κ3) is 5.13. The predicted molar refractivity (Wildman–Crippen MR) is 96.3 cm³/mol. The van der Waals surface area contributed by atoms with Gasteiger partial charge in [0.05, 0.1) is 0 Å². The molecule has 2 rings (SSSR count). The Morgan fingerprint density at radius 1 is 1.00 bits per heavy atom. The zero-order valence-corrected chi connectivity index (χ0v) is 14.1. The van der Waals surface area contributed by atoms with E-state index >= 15 is 0 Å². The monoisotopic (exact) mass is 310 g/mol. The lowest BCUT2D eigenvalue weighted by atomic mass is 9.99. The van der Waals surface area contributed by atoms with Crippen LogP contribution in [-0.2, 0) is 6.54 Å². The summed E-state index contributed by atoms with van der Waals surface area (Å²) in [6.07, 6.45) is 3.35. The molecule has 2 aromatic rings. The maximum absolute atomic E-state index is 12.2. The van der Waals surface area contributed by atoms with E-state index in [4.69, 9.17) is 0 Å². The van der Waals surface area contributed by atoms with Gasteiger partial charge in [0.2, 0.25) is 0 Å².